The number of aromatic nitrogens is 2. The van der Waals surface area contributed by atoms with Gasteiger partial charge in [-0.3, -0.25) is 0 Å². The van der Waals surface area contributed by atoms with Crippen molar-refractivity contribution in [2.45, 2.75) is 44.4 Å². The fourth-order valence-corrected chi connectivity index (χ4v) is 2.88. The third-order valence-electron chi connectivity index (χ3n) is 4.28. The zero-order valence-electron chi connectivity index (χ0n) is 11.1. The number of anilines is 1. The molecule has 3 heterocycles. The van der Waals surface area contributed by atoms with Gasteiger partial charge in [0.05, 0.1) is 0 Å². The smallest absolute Gasteiger partial charge is 0.266 e. The first-order valence-electron chi connectivity index (χ1n) is 7.08. The van der Waals surface area contributed by atoms with Gasteiger partial charge in [0.15, 0.2) is 0 Å². The third kappa shape index (κ3) is 2.23. The second-order valence-corrected chi connectivity index (χ2v) is 5.76. The predicted octanol–water partition coefficient (Wildman–Crippen LogP) is 1.70. The lowest BCUT2D eigenvalue weighted by molar-refractivity contribution is 0.241. The normalized spacial score (nSPS) is 24.2. The summed E-state index contributed by atoms with van der Waals surface area (Å²) in [4.78, 5) is 6.90. The number of piperidine rings is 2. The summed E-state index contributed by atoms with van der Waals surface area (Å²) in [6, 6.07) is 0. The van der Waals surface area contributed by atoms with Gasteiger partial charge in [-0.25, -0.2) is 0 Å². The lowest BCUT2D eigenvalue weighted by Gasteiger charge is -2.30. The van der Waals surface area contributed by atoms with Crippen molar-refractivity contribution < 1.29 is 4.52 Å². The molecular formula is C13H22N4O. The molecule has 0 unspecified atom stereocenters. The van der Waals surface area contributed by atoms with Gasteiger partial charge in [-0.15, -0.1) is 0 Å². The highest BCUT2D eigenvalue weighted by atomic mass is 16.5. The summed E-state index contributed by atoms with van der Waals surface area (Å²) in [5.74, 6) is 1.62. The van der Waals surface area contributed by atoms with E-state index in [1.54, 1.807) is 0 Å². The molecule has 0 saturated carbocycles. The Balaban J connectivity index is 1.75. The molecule has 1 aromatic heterocycles. The van der Waals surface area contributed by atoms with Crippen molar-refractivity contribution in [2.24, 2.45) is 0 Å². The summed E-state index contributed by atoms with van der Waals surface area (Å²) in [7, 11) is 0. The van der Waals surface area contributed by atoms with Crippen LogP contribution in [0.1, 0.15) is 44.9 Å². The molecule has 2 saturated heterocycles. The average molecular weight is 250 g/mol. The Labute approximate surface area is 108 Å². The second-order valence-electron chi connectivity index (χ2n) is 5.76. The number of nitrogens with one attached hydrogen (secondary N) is 1. The van der Waals surface area contributed by atoms with Crippen molar-refractivity contribution in [1.82, 2.24) is 15.5 Å². The second kappa shape index (κ2) is 4.88. The maximum Gasteiger partial charge on any atom is 0.266 e. The van der Waals surface area contributed by atoms with Crippen LogP contribution in [0, 0.1) is 0 Å². The molecule has 18 heavy (non-hydrogen) atoms. The number of hydrogen-bond acceptors (Lipinski definition) is 5. The van der Waals surface area contributed by atoms with E-state index in [0.717, 1.165) is 50.9 Å². The Morgan fingerprint density at radius 3 is 2.61 bits per heavy atom. The Morgan fingerprint density at radius 2 is 1.89 bits per heavy atom. The van der Waals surface area contributed by atoms with Crippen LogP contribution < -0.4 is 10.2 Å². The Morgan fingerprint density at radius 1 is 1.17 bits per heavy atom. The number of rotatable bonds is 2. The van der Waals surface area contributed by atoms with Gasteiger partial charge in [-0.2, -0.15) is 4.98 Å². The molecule has 0 spiro atoms. The molecule has 0 radical (unpaired) electrons. The Hall–Kier alpha value is -1.10. The van der Waals surface area contributed by atoms with Crippen LogP contribution in [0.2, 0.25) is 0 Å². The molecule has 0 aliphatic carbocycles. The molecule has 0 aromatic carbocycles. The molecule has 1 aromatic rings. The van der Waals surface area contributed by atoms with Crippen LogP contribution in [0.25, 0.3) is 0 Å². The zero-order valence-corrected chi connectivity index (χ0v) is 11.1. The van der Waals surface area contributed by atoms with Crippen LogP contribution in [0.3, 0.4) is 0 Å². The van der Waals surface area contributed by atoms with E-state index in [0.29, 0.717) is 0 Å². The van der Waals surface area contributed by atoms with Gasteiger partial charge in [-0.1, -0.05) is 6.92 Å². The van der Waals surface area contributed by atoms with Crippen LogP contribution in [0.15, 0.2) is 4.52 Å². The highest BCUT2D eigenvalue weighted by Crippen LogP contribution is 2.32. The first-order valence-corrected chi connectivity index (χ1v) is 7.08. The fourth-order valence-electron chi connectivity index (χ4n) is 2.88. The molecule has 0 amide bonds. The maximum atomic E-state index is 5.53. The maximum absolute atomic E-state index is 5.53. The molecule has 3 rings (SSSR count). The van der Waals surface area contributed by atoms with Gasteiger partial charge in [0, 0.05) is 18.5 Å². The van der Waals surface area contributed by atoms with Crippen LogP contribution in [-0.2, 0) is 5.41 Å². The summed E-state index contributed by atoms with van der Waals surface area (Å²) < 4.78 is 5.53. The van der Waals surface area contributed by atoms with Gasteiger partial charge >= 0.3 is 0 Å². The molecule has 2 aliphatic rings. The molecule has 100 valence electrons. The fraction of sp³-hybridized carbons (Fsp3) is 0.846. The molecule has 1 N–H and O–H groups in total. The molecule has 0 bridgehead atoms. The minimum Gasteiger partial charge on any atom is -0.338 e. The molecule has 0 atom stereocenters. The van der Waals surface area contributed by atoms with Crippen molar-refractivity contribution in [3.8, 4) is 0 Å². The molecular weight excluding hydrogens is 228 g/mol. The first-order chi connectivity index (χ1) is 8.78. The van der Waals surface area contributed by atoms with E-state index in [1.165, 1.54) is 19.3 Å². The lowest BCUT2D eigenvalue weighted by atomic mass is 9.81. The van der Waals surface area contributed by atoms with E-state index >= 15 is 0 Å². The van der Waals surface area contributed by atoms with E-state index in [1.807, 2.05) is 0 Å². The lowest BCUT2D eigenvalue weighted by Crippen LogP contribution is -2.38. The Bertz CT molecular complexity index is 391. The van der Waals surface area contributed by atoms with Gasteiger partial charge in [0.2, 0.25) is 5.89 Å². The van der Waals surface area contributed by atoms with E-state index in [2.05, 4.69) is 27.3 Å². The summed E-state index contributed by atoms with van der Waals surface area (Å²) >= 11 is 0. The van der Waals surface area contributed by atoms with Crippen molar-refractivity contribution in [3.05, 3.63) is 5.89 Å². The van der Waals surface area contributed by atoms with Crippen molar-refractivity contribution in [3.63, 3.8) is 0 Å². The van der Waals surface area contributed by atoms with Crippen LogP contribution in [0.4, 0.5) is 5.95 Å². The van der Waals surface area contributed by atoms with Crippen LogP contribution >= 0.6 is 0 Å². The molecule has 5 heteroatoms. The molecule has 2 aliphatic heterocycles. The van der Waals surface area contributed by atoms with Crippen molar-refractivity contribution in [1.29, 1.82) is 0 Å². The van der Waals surface area contributed by atoms with E-state index in [4.69, 9.17) is 4.52 Å². The monoisotopic (exact) mass is 250 g/mol. The summed E-state index contributed by atoms with van der Waals surface area (Å²) in [5.41, 5.74) is 0.0618. The van der Waals surface area contributed by atoms with Crippen molar-refractivity contribution >= 4 is 5.95 Å². The minimum atomic E-state index is 0.0618. The van der Waals surface area contributed by atoms with E-state index < -0.39 is 0 Å². The topological polar surface area (TPSA) is 54.2 Å². The van der Waals surface area contributed by atoms with Crippen LogP contribution in [-0.4, -0.2) is 36.3 Å². The third-order valence-corrected chi connectivity index (χ3v) is 4.28. The van der Waals surface area contributed by atoms with Gasteiger partial charge in [-0.05, 0) is 50.4 Å². The van der Waals surface area contributed by atoms with Crippen LogP contribution in [0.5, 0.6) is 0 Å². The number of hydrogen-bond donors (Lipinski definition) is 1. The highest BCUT2D eigenvalue weighted by molar-refractivity contribution is 5.29. The van der Waals surface area contributed by atoms with E-state index in [9.17, 15) is 0 Å². The molecule has 2 fully saturated rings. The van der Waals surface area contributed by atoms with Crippen molar-refractivity contribution in [2.75, 3.05) is 31.1 Å². The minimum absolute atomic E-state index is 0.0618. The standard InChI is InChI=1S/C13H22N4O/c1-13(5-7-14-8-6-13)11-15-12(16-18-11)17-9-3-2-4-10-17/h14H,2-10H2,1H3. The quantitative estimate of drug-likeness (QED) is 0.866. The zero-order chi connectivity index (χ0) is 12.4. The average Bonchev–Trinajstić information content (AvgIpc) is 2.91. The highest BCUT2D eigenvalue weighted by Gasteiger charge is 2.35. The summed E-state index contributed by atoms with van der Waals surface area (Å²) in [6.07, 6.45) is 5.96. The summed E-state index contributed by atoms with van der Waals surface area (Å²) in [5, 5.41) is 7.56. The number of nitrogens with zero attached hydrogens (tertiary/aromatic N) is 3. The van der Waals surface area contributed by atoms with Gasteiger partial charge in [0.1, 0.15) is 0 Å². The SMILES string of the molecule is CC1(c2nc(N3CCCCC3)no2)CCNCC1. The Kier molecular flexibility index (Phi) is 3.24. The van der Waals surface area contributed by atoms with E-state index in [-0.39, 0.29) is 5.41 Å². The first kappa shape index (κ1) is 12.0. The van der Waals surface area contributed by atoms with Gasteiger partial charge in [0.25, 0.3) is 5.95 Å². The molecule has 5 nitrogen and oxygen atoms in total. The largest absolute Gasteiger partial charge is 0.338 e. The summed E-state index contributed by atoms with van der Waals surface area (Å²) in [6.45, 7) is 6.45. The van der Waals surface area contributed by atoms with Gasteiger partial charge < -0.3 is 14.7 Å². The predicted molar refractivity (Wildman–Crippen MR) is 69.8 cm³/mol.